The molecule has 1 saturated heterocycles. The number of anilines is 2. The normalized spacial score (nSPS) is 23.9. The van der Waals surface area contributed by atoms with E-state index < -0.39 is 5.97 Å². The van der Waals surface area contributed by atoms with Crippen molar-refractivity contribution in [1.29, 1.82) is 0 Å². The lowest BCUT2D eigenvalue weighted by molar-refractivity contribution is -0.144. The van der Waals surface area contributed by atoms with Crippen LogP contribution in [0.15, 0.2) is 18.3 Å². The summed E-state index contributed by atoms with van der Waals surface area (Å²) in [5.41, 5.74) is 6.26. The zero-order chi connectivity index (χ0) is 13.1. The Hall–Kier alpha value is -1.78. The van der Waals surface area contributed by atoms with Gasteiger partial charge in [-0.25, -0.2) is 4.98 Å². The van der Waals surface area contributed by atoms with Crippen LogP contribution < -0.4 is 10.6 Å². The van der Waals surface area contributed by atoms with Crippen LogP contribution in [0.25, 0.3) is 0 Å². The van der Waals surface area contributed by atoms with Crippen LogP contribution in [-0.4, -0.2) is 29.1 Å². The molecule has 2 unspecified atom stereocenters. The predicted molar refractivity (Wildman–Crippen MR) is 70.4 cm³/mol. The van der Waals surface area contributed by atoms with Crippen LogP contribution >= 0.6 is 0 Å². The van der Waals surface area contributed by atoms with Crippen LogP contribution in [0.2, 0.25) is 0 Å². The van der Waals surface area contributed by atoms with Gasteiger partial charge in [0.25, 0.3) is 0 Å². The zero-order valence-electron chi connectivity index (χ0n) is 10.5. The standard InChI is InChI=1S/C13H19N3O2/c1-2-9-8-16(6-5-11(9)13(17)18)12-4-3-10(14)7-15-12/h3-4,7,9,11H,2,5-6,8,14H2,1H3,(H,17,18). The van der Waals surface area contributed by atoms with Crippen molar-refractivity contribution in [2.24, 2.45) is 11.8 Å². The Morgan fingerprint density at radius 2 is 2.39 bits per heavy atom. The lowest BCUT2D eigenvalue weighted by Crippen LogP contribution is -2.43. The van der Waals surface area contributed by atoms with Crippen molar-refractivity contribution < 1.29 is 9.90 Å². The lowest BCUT2D eigenvalue weighted by atomic mass is 9.84. The van der Waals surface area contributed by atoms with Gasteiger partial charge in [-0.05, 0) is 24.5 Å². The minimum atomic E-state index is -0.674. The Kier molecular flexibility index (Phi) is 3.69. The van der Waals surface area contributed by atoms with Gasteiger partial charge in [-0.2, -0.15) is 0 Å². The molecule has 0 bridgehead atoms. The molecule has 0 aliphatic carbocycles. The number of rotatable bonds is 3. The van der Waals surface area contributed by atoms with Crippen molar-refractivity contribution >= 4 is 17.5 Å². The van der Waals surface area contributed by atoms with E-state index in [-0.39, 0.29) is 11.8 Å². The van der Waals surface area contributed by atoms with Gasteiger partial charge in [0, 0.05) is 13.1 Å². The number of nitrogen functional groups attached to an aromatic ring is 1. The molecule has 1 aromatic heterocycles. The minimum absolute atomic E-state index is 0.190. The van der Waals surface area contributed by atoms with Crippen molar-refractivity contribution in [2.75, 3.05) is 23.7 Å². The minimum Gasteiger partial charge on any atom is -0.481 e. The Bertz CT molecular complexity index is 419. The number of nitrogens with zero attached hydrogens (tertiary/aromatic N) is 2. The summed E-state index contributed by atoms with van der Waals surface area (Å²) in [7, 11) is 0. The third-order valence-corrected chi connectivity index (χ3v) is 3.67. The van der Waals surface area contributed by atoms with Gasteiger partial charge in [0.1, 0.15) is 5.82 Å². The Morgan fingerprint density at radius 1 is 1.61 bits per heavy atom. The lowest BCUT2D eigenvalue weighted by Gasteiger charge is -2.37. The molecule has 2 rings (SSSR count). The highest BCUT2D eigenvalue weighted by atomic mass is 16.4. The van der Waals surface area contributed by atoms with Crippen molar-refractivity contribution in [3.63, 3.8) is 0 Å². The topological polar surface area (TPSA) is 79.5 Å². The van der Waals surface area contributed by atoms with Gasteiger partial charge < -0.3 is 15.7 Å². The third kappa shape index (κ3) is 2.55. The molecule has 1 aliphatic heterocycles. The van der Waals surface area contributed by atoms with E-state index in [1.54, 1.807) is 6.20 Å². The van der Waals surface area contributed by atoms with Crippen LogP contribution in [0.3, 0.4) is 0 Å². The number of nitrogens with two attached hydrogens (primary N) is 1. The fourth-order valence-corrected chi connectivity index (χ4v) is 2.56. The fraction of sp³-hybridized carbons (Fsp3) is 0.538. The maximum Gasteiger partial charge on any atom is 0.306 e. The van der Waals surface area contributed by atoms with Gasteiger partial charge in [0.05, 0.1) is 17.8 Å². The zero-order valence-corrected chi connectivity index (χ0v) is 10.5. The summed E-state index contributed by atoms with van der Waals surface area (Å²) in [5, 5.41) is 9.18. The number of pyridine rings is 1. The SMILES string of the molecule is CCC1CN(c2ccc(N)cn2)CCC1C(=O)O. The van der Waals surface area contributed by atoms with E-state index in [1.165, 1.54) is 0 Å². The van der Waals surface area contributed by atoms with Gasteiger partial charge in [-0.15, -0.1) is 0 Å². The summed E-state index contributed by atoms with van der Waals surface area (Å²) in [5.74, 6) is 0.175. The number of hydrogen-bond acceptors (Lipinski definition) is 4. The second kappa shape index (κ2) is 5.25. The molecule has 98 valence electrons. The quantitative estimate of drug-likeness (QED) is 0.850. The summed E-state index contributed by atoms with van der Waals surface area (Å²) >= 11 is 0. The van der Waals surface area contributed by atoms with Gasteiger partial charge in [0.2, 0.25) is 0 Å². The molecule has 0 spiro atoms. The van der Waals surface area contributed by atoms with Crippen LogP contribution in [0, 0.1) is 11.8 Å². The smallest absolute Gasteiger partial charge is 0.306 e. The first-order valence-electron chi connectivity index (χ1n) is 6.31. The molecule has 0 amide bonds. The average Bonchev–Trinajstić information content (AvgIpc) is 2.38. The number of piperidine rings is 1. The number of aliphatic carboxylic acids is 1. The molecule has 5 heteroatoms. The average molecular weight is 249 g/mol. The van der Waals surface area contributed by atoms with Crippen molar-refractivity contribution in [2.45, 2.75) is 19.8 Å². The van der Waals surface area contributed by atoms with E-state index in [9.17, 15) is 9.90 Å². The van der Waals surface area contributed by atoms with Crippen LogP contribution in [0.5, 0.6) is 0 Å². The molecule has 5 nitrogen and oxygen atoms in total. The van der Waals surface area contributed by atoms with Gasteiger partial charge in [-0.3, -0.25) is 4.79 Å². The van der Waals surface area contributed by atoms with E-state index in [1.807, 2.05) is 19.1 Å². The first-order chi connectivity index (χ1) is 8.61. The molecule has 3 N–H and O–H groups in total. The monoisotopic (exact) mass is 249 g/mol. The summed E-state index contributed by atoms with van der Waals surface area (Å²) in [4.78, 5) is 17.6. The van der Waals surface area contributed by atoms with E-state index in [4.69, 9.17) is 5.73 Å². The number of aromatic nitrogens is 1. The summed E-state index contributed by atoms with van der Waals surface area (Å²) in [6, 6.07) is 3.72. The van der Waals surface area contributed by atoms with Gasteiger partial charge >= 0.3 is 5.97 Å². The molecular weight excluding hydrogens is 230 g/mol. The molecule has 2 heterocycles. The number of hydrogen-bond donors (Lipinski definition) is 2. The summed E-state index contributed by atoms with van der Waals surface area (Å²) in [6.45, 7) is 3.54. The highest BCUT2D eigenvalue weighted by Gasteiger charge is 2.33. The molecule has 1 aromatic rings. The maximum atomic E-state index is 11.2. The maximum absolute atomic E-state index is 11.2. The molecule has 0 radical (unpaired) electrons. The van der Waals surface area contributed by atoms with E-state index in [0.717, 1.165) is 25.3 Å². The van der Waals surface area contributed by atoms with E-state index >= 15 is 0 Å². The van der Waals surface area contributed by atoms with E-state index in [0.29, 0.717) is 12.1 Å². The molecule has 2 atom stereocenters. The summed E-state index contributed by atoms with van der Waals surface area (Å²) < 4.78 is 0. The number of carboxylic acid groups (broad SMARTS) is 1. The number of carbonyl (C=O) groups is 1. The largest absolute Gasteiger partial charge is 0.481 e. The first kappa shape index (κ1) is 12.7. The molecule has 0 saturated carbocycles. The highest BCUT2D eigenvalue weighted by Crippen LogP contribution is 2.29. The molecule has 18 heavy (non-hydrogen) atoms. The Balaban J connectivity index is 2.09. The van der Waals surface area contributed by atoms with E-state index in [2.05, 4.69) is 9.88 Å². The summed E-state index contributed by atoms with van der Waals surface area (Å²) in [6.07, 6.45) is 3.20. The Morgan fingerprint density at radius 3 is 2.94 bits per heavy atom. The van der Waals surface area contributed by atoms with Gasteiger partial charge in [-0.1, -0.05) is 13.3 Å². The van der Waals surface area contributed by atoms with Crippen LogP contribution in [0.1, 0.15) is 19.8 Å². The molecule has 1 fully saturated rings. The number of carboxylic acids is 1. The second-order valence-corrected chi connectivity index (χ2v) is 4.80. The van der Waals surface area contributed by atoms with Crippen LogP contribution in [0.4, 0.5) is 11.5 Å². The second-order valence-electron chi connectivity index (χ2n) is 4.80. The predicted octanol–water partition coefficient (Wildman–Crippen LogP) is 1.60. The van der Waals surface area contributed by atoms with Crippen molar-refractivity contribution in [1.82, 2.24) is 4.98 Å². The molecule has 0 aromatic carbocycles. The first-order valence-corrected chi connectivity index (χ1v) is 6.31. The van der Waals surface area contributed by atoms with Crippen LogP contribution in [-0.2, 0) is 4.79 Å². The Labute approximate surface area is 107 Å². The fourth-order valence-electron chi connectivity index (χ4n) is 2.56. The molecule has 1 aliphatic rings. The van der Waals surface area contributed by atoms with Crippen molar-refractivity contribution in [3.8, 4) is 0 Å². The molecular formula is C13H19N3O2. The highest BCUT2D eigenvalue weighted by molar-refractivity contribution is 5.71. The van der Waals surface area contributed by atoms with Crippen molar-refractivity contribution in [3.05, 3.63) is 18.3 Å². The third-order valence-electron chi connectivity index (χ3n) is 3.67. The van der Waals surface area contributed by atoms with Gasteiger partial charge in [0.15, 0.2) is 0 Å².